The standard InChI is InChI=1S/C16H24O3/c1-3-12-19-14-9-5-4-8-13(14)15(17)16(18-2)10-6-7-11-16/h4-5,8-9,15,17H,3,6-7,10-12H2,1-2H3. The van der Waals surface area contributed by atoms with E-state index in [9.17, 15) is 5.11 Å². The van der Waals surface area contributed by atoms with Gasteiger partial charge in [0.2, 0.25) is 0 Å². The first-order valence-corrected chi connectivity index (χ1v) is 7.18. The highest BCUT2D eigenvalue weighted by Gasteiger charge is 2.42. The maximum Gasteiger partial charge on any atom is 0.125 e. The third-order valence-corrected chi connectivity index (χ3v) is 4.03. The Bertz CT molecular complexity index is 397. The Hall–Kier alpha value is -1.06. The third kappa shape index (κ3) is 2.93. The molecule has 0 aliphatic heterocycles. The predicted octanol–water partition coefficient (Wildman–Crippen LogP) is 3.47. The van der Waals surface area contributed by atoms with Gasteiger partial charge in [-0.25, -0.2) is 0 Å². The van der Waals surface area contributed by atoms with Crippen molar-refractivity contribution >= 4 is 0 Å². The fourth-order valence-corrected chi connectivity index (χ4v) is 2.90. The average molecular weight is 264 g/mol. The summed E-state index contributed by atoms with van der Waals surface area (Å²) in [5, 5.41) is 10.7. The first kappa shape index (κ1) is 14.4. The van der Waals surface area contributed by atoms with E-state index >= 15 is 0 Å². The third-order valence-electron chi connectivity index (χ3n) is 4.03. The van der Waals surface area contributed by atoms with Gasteiger partial charge in [-0.15, -0.1) is 0 Å². The number of methoxy groups -OCH3 is 1. The zero-order valence-corrected chi connectivity index (χ0v) is 11.9. The Balaban J connectivity index is 2.24. The zero-order chi connectivity index (χ0) is 13.7. The minimum atomic E-state index is -0.618. The van der Waals surface area contributed by atoms with Crippen molar-refractivity contribution in [3.63, 3.8) is 0 Å². The highest BCUT2D eigenvalue weighted by atomic mass is 16.5. The molecule has 0 bridgehead atoms. The minimum Gasteiger partial charge on any atom is -0.493 e. The normalized spacial score (nSPS) is 19.3. The first-order chi connectivity index (χ1) is 9.23. The molecule has 1 unspecified atom stereocenters. The SMILES string of the molecule is CCCOc1ccccc1C(O)C1(OC)CCCC1. The molecule has 0 amide bonds. The summed E-state index contributed by atoms with van der Waals surface area (Å²) in [5.41, 5.74) is 0.408. The van der Waals surface area contributed by atoms with Gasteiger partial charge in [-0.05, 0) is 25.3 Å². The van der Waals surface area contributed by atoms with Crippen LogP contribution in [0.1, 0.15) is 50.7 Å². The van der Waals surface area contributed by atoms with E-state index in [1.807, 2.05) is 24.3 Å². The van der Waals surface area contributed by atoms with Crippen LogP contribution in [0.4, 0.5) is 0 Å². The maximum absolute atomic E-state index is 10.7. The van der Waals surface area contributed by atoms with Crippen LogP contribution >= 0.6 is 0 Å². The number of rotatable bonds is 6. The summed E-state index contributed by atoms with van der Waals surface area (Å²) >= 11 is 0. The van der Waals surface area contributed by atoms with Crippen molar-refractivity contribution in [2.24, 2.45) is 0 Å². The molecule has 1 atom stereocenters. The highest BCUT2D eigenvalue weighted by Crippen LogP contribution is 2.44. The van der Waals surface area contributed by atoms with Gasteiger partial charge in [-0.1, -0.05) is 38.0 Å². The monoisotopic (exact) mass is 264 g/mol. The van der Waals surface area contributed by atoms with Crippen molar-refractivity contribution in [1.29, 1.82) is 0 Å². The van der Waals surface area contributed by atoms with E-state index in [-0.39, 0.29) is 0 Å². The van der Waals surface area contributed by atoms with Crippen molar-refractivity contribution < 1.29 is 14.6 Å². The van der Waals surface area contributed by atoms with Gasteiger partial charge in [-0.3, -0.25) is 0 Å². The molecule has 1 aliphatic rings. The Morgan fingerprint density at radius 1 is 1.26 bits per heavy atom. The van der Waals surface area contributed by atoms with Crippen molar-refractivity contribution in [2.45, 2.75) is 50.7 Å². The summed E-state index contributed by atoms with van der Waals surface area (Å²) in [4.78, 5) is 0. The number of hydrogen-bond acceptors (Lipinski definition) is 3. The summed E-state index contributed by atoms with van der Waals surface area (Å²) in [5.74, 6) is 0.778. The number of benzene rings is 1. The van der Waals surface area contributed by atoms with Crippen molar-refractivity contribution in [3.8, 4) is 5.75 Å². The van der Waals surface area contributed by atoms with Crippen LogP contribution in [0.2, 0.25) is 0 Å². The number of para-hydroxylation sites is 1. The van der Waals surface area contributed by atoms with E-state index in [0.29, 0.717) is 6.61 Å². The van der Waals surface area contributed by atoms with E-state index in [1.165, 1.54) is 0 Å². The molecule has 0 saturated heterocycles. The second kappa shape index (κ2) is 6.40. The molecule has 1 aromatic carbocycles. The van der Waals surface area contributed by atoms with Gasteiger partial charge in [0.1, 0.15) is 11.9 Å². The lowest BCUT2D eigenvalue weighted by molar-refractivity contribution is -0.101. The molecule has 2 rings (SSSR count). The molecular weight excluding hydrogens is 240 g/mol. The van der Waals surface area contributed by atoms with Crippen molar-refractivity contribution in [1.82, 2.24) is 0 Å². The summed E-state index contributed by atoms with van der Waals surface area (Å²) in [6.45, 7) is 2.75. The molecule has 19 heavy (non-hydrogen) atoms. The molecule has 3 heteroatoms. The smallest absolute Gasteiger partial charge is 0.125 e. The van der Waals surface area contributed by atoms with Crippen LogP contribution in [0.25, 0.3) is 0 Å². The molecule has 106 valence electrons. The number of aliphatic hydroxyl groups excluding tert-OH is 1. The van der Waals surface area contributed by atoms with Crippen LogP contribution in [0.15, 0.2) is 24.3 Å². The molecular formula is C16H24O3. The molecule has 0 spiro atoms. The van der Waals surface area contributed by atoms with E-state index in [4.69, 9.17) is 9.47 Å². The van der Waals surface area contributed by atoms with Crippen LogP contribution in [0.5, 0.6) is 5.75 Å². The predicted molar refractivity (Wildman–Crippen MR) is 75.4 cm³/mol. The Morgan fingerprint density at radius 2 is 1.95 bits per heavy atom. The minimum absolute atomic E-state index is 0.439. The number of hydrogen-bond donors (Lipinski definition) is 1. The largest absolute Gasteiger partial charge is 0.493 e. The second-order valence-electron chi connectivity index (χ2n) is 5.26. The lowest BCUT2D eigenvalue weighted by atomic mass is 9.89. The Kier molecular flexibility index (Phi) is 4.83. The topological polar surface area (TPSA) is 38.7 Å². The molecule has 1 aliphatic carbocycles. The van der Waals surface area contributed by atoms with Gasteiger partial charge in [0.25, 0.3) is 0 Å². The van der Waals surface area contributed by atoms with Crippen LogP contribution in [0.3, 0.4) is 0 Å². The quantitative estimate of drug-likeness (QED) is 0.855. The number of ether oxygens (including phenoxy) is 2. The van der Waals surface area contributed by atoms with E-state index in [2.05, 4.69) is 6.92 Å². The van der Waals surface area contributed by atoms with Crippen molar-refractivity contribution in [3.05, 3.63) is 29.8 Å². The molecule has 1 N–H and O–H groups in total. The molecule has 0 radical (unpaired) electrons. The fraction of sp³-hybridized carbons (Fsp3) is 0.625. The van der Waals surface area contributed by atoms with Gasteiger partial charge in [0, 0.05) is 12.7 Å². The lowest BCUT2D eigenvalue weighted by Crippen LogP contribution is -2.35. The van der Waals surface area contributed by atoms with Gasteiger partial charge in [0.15, 0.2) is 0 Å². The molecule has 0 aromatic heterocycles. The summed E-state index contributed by atoms with van der Waals surface area (Å²) in [6, 6.07) is 7.74. The Labute approximate surface area is 115 Å². The van der Waals surface area contributed by atoms with Crippen molar-refractivity contribution in [2.75, 3.05) is 13.7 Å². The summed E-state index contributed by atoms with van der Waals surface area (Å²) < 4.78 is 11.4. The van der Waals surface area contributed by atoms with E-state index in [1.54, 1.807) is 7.11 Å². The molecule has 1 aromatic rings. The molecule has 1 saturated carbocycles. The van der Waals surface area contributed by atoms with Gasteiger partial charge >= 0.3 is 0 Å². The Morgan fingerprint density at radius 3 is 2.58 bits per heavy atom. The lowest BCUT2D eigenvalue weighted by Gasteiger charge is -2.33. The summed E-state index contributed by atoms with van der Waals surface area (Å²) in [7, 11) is 1.70. The first-order valence-electron chi connectivity index (χ1n) is 7.18. The van der Waals surface area contributed by atoms with E-state index in [0.717, 1.165) is 43.4 Å². The van der Waals surface area contributed by atoms with Crippen LogP contribution in [-0.4, -0.2) is 24.4 Å². The van der Waals surface area contributed by atoms with Crippen LogP contribution < -0.4 is 4.74 Å². The second-order valence-corrected chi connectivity index (χ2v) is 5.26. The van der Waals surface area contributed by atoms with E-state index < -0.39 is 11.7 Å². The average Bonchev–Trinajstić information content (AvgIpc) is 2.95. The maximum atomic E-state index is 10.7. The molecule has 0 heterocycles. The van der Waals surface area contributed by atoms with Gasteiger partial charge in [-0.2, -0.15) is 0 Å². The zero-order valence-electron chi connectivity index (χ0n) is 11.9. The highest BCUT2D eigenvalue weighted by molar-refractivity contribution is 5.36. The summed E-state index contributed by atoms with van der Waals surface area (Å²) in [6.07, 6.45) is 4.39. The number of aliphatic hydroxyl groups is 1. The molecule has 3 nitrogen and oxygen atoms in total. The van der Waals surface area contributed by atoms with Gasteiger partial charge in [0.05, 0.1) is 12.2 Å². The molecule has 1 fully saturated rings. The fourth-order valence-electron chi connectivity index (χ4n) is 2.90. The van der Waals surface area contributed by atoms with Crippen LogP contribution in [0, 0.1) is 0 Å². The van der Waals surface area contributed by atoms with Crippen LogP contribution in [-0.2, 0) is 4.74 Å². The van der Waals surface area contributed by atoms with Gasteiger partial charge < -0.3 is 14.6 Å².